The van der Waals surface area contributed by atoms with Gasteiger partial charge >= 0.3 is 0 Å². The van der Waals surface area contributed by atoms with E-state index in [9.17, 15) is 0 Å². The van der Waals surface area contributed by atoms with Crippen LogP contribution in [0.1, 0.15) is 12.6 Å². The van der Waals surface area contributed by atoms with Crippen LogP contribution in [0.5, 0.6) is 0 Å². The largest absolute Gasteiger partial charge is 0.442 e. The Kier molecular flexibility index (Phi) is 2.79. The maximum absolute atomic E-state index is 5.65. The number of furan rings is 1. The maximum Gasteiger partial charge on any atom is 0.263 e. The molecule has 2 aromatic rings. The summed E-state index contributed by atoms with van der Waals surface area (Å²) in [6, 6.07) is 3.42. The third-order valence-corrected chi connectivity index (χ3v) is 2.07. The lowest BCUT2D eigenvalue weighted by Crippen LogP contribution is -2.17. The summed E-state index contributed by atoms with van der Waals surface area (Å²) in [5.41, 5.74) is 6.46. The van der Waals surface area contributed by atoms with Gasteiger partial charge in [0.15, 0.2) is 11.0 Å². The molecule has 0 aliphatic rings. The highest BCUT2D eigenvalue weighted by Gasteiger charge is 2.11. The lowest BCUT2D eigenvalue weighted by atomic mass is 10.2. The molecule has 0 aliphatic heterocycles. The van der Waals surface area contributed by atoms with Crippen molar-refractivity contribution >= 4 is 11.6 Å². The Morgan fingerprint density at radius 3 is 2.93 bits per heavy atom. The van der Waals surface area contributed by atoms with Crippen molar-refractivity contribution in [1.82, 2.24) is 4.98 Å². The van der Waals surface area contributed by atoms with Crippen LogP contribution >= 0.6 is 11.6 Å². The molecule has 2 rings (SSSR count). The summed E-state index contributed by atoms with van der Waals surface area (Å²) in [6.07, 6.45) is 2.26. The van der Waals surface area contributed by atoms with Crippen molar-refractivity contribution in [3.05, 3.63) is 29.3 Å². The van der Waals surface area contributed by atoms with Crippen molar-refractivity contribution in [3.63, 3.8) is 0 Å². The Morgan fingerprint density at radius 2 is 2.33 bits per heavy atom. The number of aromatic nitrogens is 1. The van der Waals surface area contributed by atoms with Crippen molar-refractivity contribution < 1.29 is 8.83 Å². The van der Waals surface area contributed by atoms with Gasteiger partial charge in [0, 0.05) is 12.5 Å². The van der Waals surface area contributed by atoms with Crippen LogP contribution in [0.3, 0.4) is 0 Å². The molecule has 0 saturated carbocycles. The van der Waals surface area contributed by atoms with E-state index in [1.54, 1.807) is 18.4 Å². The number of hydrogen-bond donors (Lipinski definition) is 1. The van der Waals surface area contributed by atoms with E-state index in [0.29, 0.717) is 23.3 Å². The first-order valence-corrected chi connectivity index (χ1v) is 4.98. The van der Waals surface area contributed by atoms with E-state index in [1.807, 2.05) is 6.92 Å². The number of rotatable bonds is 3. The van der Waals surface area contributed by atoms with Crippen LogP contribution in [-0.4, -0.2) is 11.0 Å². The van der Waals surface area contributed by atoms with Gasteiger partial charge in [-0.25, -0.2) is 4.98 Å². The molecule has 2 aromatic heterocycles. The van der Waals surface area contributed by atoms with Crippen molar-refractivity contribution in [2.75, 3.05) is 0 Å². The smallest absolute Gasteiger partial charge is 0.263 e. The quantitative estimate of drug-likeness (QED) is 0.873. The van der Waals surface area contributed by atoms with Crippen LogP contribution in [0.25, 0.3) is 11.7 Å². The lowest BCUT2D eigenvalue weighted by Gasteiger charge is -1.97. The highest BCUT2D eigenvalue weighted by Crippen LogP contribution is 2.24. The average molecular weight is 227 g/mol. The summed E-state index contributed by atoms with van der Waals surface area (Å²) in [6.45, 7) is 1.91. The summed E-state index contributed by atoms with van der Waals surface area (Å²) in [5, 5.41) is 0.317. The third-order valence-electron chi connectivity index (χ3n) is 1.87. The van der Waals surface area contributed by atoms with Crippen LogP contribution in [0.2, 0.25) is 5.22 Å². The minimum atomic E-state index is 0.0585. The van der Waals surface area contributed by atoms with Gasteiger partial charge in [0.05, 0.1) is 5.69 Å². The first-order chi connectivity index (χ1) is 7.15. The van der Waals surface area contributed by atoms with Crippen molar-refractivity contribution in [2.24, 2.45) is 5.73 Å². The van der Waals surface area contributed by atoms with Crippen LogP contribution in [0, 0.1) is 0 Å². The van der Waals surface area contributed by atoms with Crippen LogP contribution in [0.4, 0.5) is 0 Å². The van der Waals surface area contributed by atoms with E-state index in [1.165, 1.54) is 0 Å². The molecule has 0 aliphatic carbocycles. The van der Waals surface area contributed by atoms with E-state index in [4.69, 9.17) is 26.2 Å². The molecular weight excluding hydrogens is 216 g/mol. The Labute approximate surface area is 92.0 Å². The molecule has 1 unspecified atom stereocenters. The van der Waals surface area contributed by atoms with Crippen LogP contribution < -0.4 is 5.73 Å². The van der Waals surface area contributed by atoms with E-state index in [-0.39, 0.29) is 6.04 Å². The molecule has 1 atom stereocenters. The fraction of sp³-hybridized carbons (Fsp3) is 0.300. The van der Waals surface area contributed by atoms with Gasteiger partial charge in [-0.1, -0.05) is 0 Å². The summed E-state index contributed by atoms with van der Waals surface area (Å²) in [5.74, 6) is 0.952. The van der Waals surface area contributed by atoms with E-state index < -0.39 is 0 Å². The number of oxazole rings is 1. The number of nitrogens with two attached hydrogens (primary N) is 1. The fourth-order valence-electron chi connectivity index (χ4n) is 1.27. The second-order valence-corrected chi connectivity index (χ2v) is 3.80. The average Bonchev–Trinajstić information content (AvgIpc) is 2.72. The van der Waals surface area contributed by atoms with Crippen molar-refractivity contribution in [1.29, 1.82) is 0 Å². The molecule has 5 heteroatoms. The molecule has 0 radical (unpaired) electrons. The van der Waals surface area contributed by atoms with Gasteiger partial charge in [-0.15, -0.1) is 0 Å². The first kappa shape index (κ1) is 10.3. The predicted octanol–water partition coefficient (Wildman–Crippen LogP) is 2.48. The minimum absolute atomic E-state index is 0.0585. The molecule has 0 aromatic carbocycles. The molecule has 2 heterocycles. The Balaban J connectivity index is 2.20. The molecule has 80 valence electrons. The zero-order valence-corrected chi connectivity index (χ0v) is 8.99. The van der Waals surface area contributed by atoms with E-state index >= 15 is 0 Å². The molecule has 0 amide bonds. The second kappa shape index (κ2) is 4.08. The van der Waals surface area contributed by atoms with Crippen molar-refractivity contribution in [3.8, 4) is 11.7 Å². The van der Waals surface area contributed by atoms with E-state index in [2.05, 4.69) is 4.98 Å². The molecule has 0 bridgehead atoms. The van der Waals surface area contributed by atoms with Gasteiger partial charge in [-0.05, 0) is 30.7 Å². The van der Waals surface area contributed by atoms with Crippen LogP contribution in [0.15, 0.2) is 27.2 Å². The summed E-state index contributed by atoms with van der Waals surface area (Å²) in [4.78, 5) is 4.23. The summed E-state index contributed by atoms with van der Waals surface area (Å²) >= 11 is 5.65. The summed E-state index contributed by atoms with van der Waals surface area (Å²) in [7, 11) is 0. The monoisotopic (exact) mass is 226 g/mol. The Morgan fingerprint density at radius 1 is 1.53 bits per heavy atom. The second-order valence-electron chi connectivity index (χ2n) is 3.43. The molecule has 0 fully saturated rings. The standard InChI is InChI=1S/C10H11ClN2O2/c1-6(12)4-7-5-14-10(13-7)8-2-3-9(11)15-8/h2-3,5-6H,4,12H2,1H3. The zero-order chi connectivity index (χ0) is 10.8. The zero-order valence-electron chi connectivity index (χ0n) is 8.24. The molecule has 0 saturated heterocycles. The van der Waals surface area contributed by atoms with Gasteiger partial charge in [0.2, 0.25) is 0 Å². The Hall–Kier alpha value is -1.26. The normalized spacial score (nSPS) is 13.0. The predicted molar refractivity (Wildman–Crippen MR) is 56.6 cm³/mol. The van der Waals surface area contributed by atoms with Crippen LogP contribution in [-0.2, 0) is 6.42 Å². The molecule has 0 spiro atoms. The number of hydrogen-bond acceptors (Lipinski definition) is 4. The molecule has 2 N–H and O–H groups in total. The minimum Gasteiger partial charge on any atom is -0.442 e. The number of nitrogens with zero attached hydrogens (tertiary/aromatic N) is 1. The van der Waals surface area contributed by atoms with Crippen molar-refractivity contribution in [2.45, 2.75) is 19.4 Å². The topological polar surface area (TPSA) is 65.2 Å². The summed E-state index contributed by atoms with van der Waals surface area (Å²) < 4.78 is 10.4. The van der Waals surface area contributed by atoms with Gasteiger partial charge < -0.3 is 14.6 Å². The molecular formula is C10H11ClN2O2. The van der Waals surface area contributed by atoms with Gasteiger partial charge in [0.1, 0.15) is 6.26 Å². The molecule has 4 nitrogen and oxygen atoms in total. The van der Waals surface area contributed by atoms with Gasteiger partial charge in [-0.3, -0.25) is 0 Å². The Bertz CT molecular complexity index is 448. The SMILES string of the molecule is CC(N)Cc1coc(-c2ccc(Cl)o2)n1. The third kappa shape index (κ3) is 2.40. The number of halogens is 1. The first-order valence-electron chi connectivity index (χ1n) is 4.61. The maximum atomic E-state index is 5.65. The van der Waals surface area contributed by atoms with Gasteiger partial charge in [-0.2, -0.15) is 0 Å². The highest BCUT2D eigenvalue weighted by atomic mass is 35.5. The lowest BCUT2D eigenvalue weighted by molar-refractivity contribution is 0.517. The fourth-order valence-corrected chi connectivity index (χ4v) is 1.42. The molecule has 15 heavy (non-hydrogen) atoms. The van der Waals surface area contributed by atoms with Gasteiger partial charge in [0.25, 0.3) is 5.89 Å². The van der Waals surface area contributed by atoms with E-state index in [0.717, 1.165) is 5.69 Å². The highest BCUT2D eigenvalue weighted by molar-refractivity contribution is 6.28.